The molecule has 23 aromatic rings. The Hall–Kier alpha value is -19.0. The molecule has 0 aliphatic carbocycles. The van der Waals surface area contributed by atoms with Gasteiger partial charge < -0.3 is 14.5 Å². The van der Waals surface area contributed by atoms with Crippen LogP contribution in [0.3, 0.4) is 0 Å². The van der Waals surface area contributed by atoms with Gasteiger partial charge in [-0.15, -0.1) is 0 Å². The van der Waals surface area contributed by atoms with Gasteiger partial charge in [-0.1, -0.05) is 36.4 Å². The van der Waals surface area contributed by atoms with Gasteiger partial charge in [0.15, 0.2) is 46.6 Å². The topological polar surface area (TPSA) is 298 Å². The molecule has 24 nitrogen and oxygen atoms in total. The summed E-state index contributed by atoms with van der Waals surface area (Å²) in [5, 5.41) is 31.2. The molecule has 1 atom stereocenters. The highest BCUT2D eigenvalue weighted by molar-refractivity contribution is 6.18. The average molecular weight is 1800 g/mol. The van der Waals surface area contributed by atoms with E-state index in [0.29, 0.717) is 175 Å². The van der Waals surface area contributed by atoms with Gasteiger partial charge in [0.25, 0.3) is 0 Å². The standard InChI is InChI=1S/C107H60F6N24/c1-59-97(137-88-21-14-63(99-118-25-3-26-119-99)44-82(88)83-45-64(15-22-89(83)137)100-120-27-4-28-121-100)79(70-38-61(55-115)40-73(42-70)107(111,112)113)53-96(133-59)135-86-19-12-62(98-116-23-2-24-117-98)43-80(86)81-46-65(13-20-87(81)135)104-131-56-71(57-132-104)77-50-84-76-18-11-66(101-122-29-5-30-123-101)47-90(76)134(93(84)51-85(77)105-128-35-8-36-129-105)94-58-130-95(52-78(94)69-37-60(54-114)39-72(41-69)106(108,109)110)136-91-48-67(102-124-31-6-32-125-102)9-16-74(91)75-17-10-68(49-92(75)136)103-126-33-7-34-127-103/h2-53,56-59,133H,1H3. The van der Waals surface area contributed by atoms with Crippen LogP contribution >= 0.6 is 0 Å². The molecule has 0 saturated carbocycles. The minimum atomic E-state index is -4.90. The second-order valence-corrected chi connectivity index (χ2v) is 32.8. The Labute approximate surface area is 771 Å². The van der Waals surface area contributed by atoms with Crippen LogP contribution in [-0.4, -0.2) is 109 Å². The van der Waals surface area contributed by atoms with E-state index >= 15 is 26.3 Å². The monoisotopic (exact) mass is 1790 g/mol. The maximum absolute atomic E-state index is 15.6. The predicted molar refractivity (Wildman–Crippen MR) is 510 cm³/mol. The molecule has 137 heavy (non-hydrogen) atoms. The highest BCUT2D eigenvalue weighted by atomic mass is 19.4. The zero-order chi connectivity index (χ0) is 92.5. The number of nitrogens with one attached hydrogen (secondary N) is 1. The maximum atomic E-state index is 15.6. The van der Waals surface area contributed by atoms with Crippen LogP contribution in [0.2, 0.25) is 0 Å². The smallest absolute Gasteiger partial charge is 0.363 e. The van der Waals surface area contributed by atoms with Crippen molar-refractivity contribution in [2.45, 2.75) is 25.3 Å². The van der Waals surface area contributed by atoms with Crippen molar-refractivity contribution in [1.29, 1.82) is 10.5 Å². The highest BCUT2D eigenvalue weighted by Crippen LogP contribution is 2.49. The molecular weight excluding hydrogens is 1740 g/mol. The Morgan fingerprint density at radius 2 is 0.620 bits per heavy atom. The summed E-state index contributed by atoms with van der Waals surface area (Å²) in [5.41, 5.74) is 10.8. The molecule has 0 saturated heterocycles. The summed E-state index contributed by atoms with van der Waals surface area (Å²) in [6, 6.07) is 68.8. The zero-order valence-electron chi connectivity index (χ0n) is 71.4. The van der Waals surface area contributed by atoms with Crippen molar-refractivity contribution >= 4 is 104 Å². The fourth-order valence-electron chi connectivity index (χ4n) is 18.7. The summed E-state index contributed by atoms with van der Waals surface area (Å²) in [4.78, 5) is 80.8. The van der Waals surface area contributed by atoms with Gasteiger partial charge in [-0.3, -0.25) is 9.13 Å². The number of halogens is 6. The average Bonchev–Trinajstić information content (AvgIpc) is 1.58. The van der Waals surface area contributed by atoms with E-state index in [-0.39, 0.29) is 27.8 Å². The molecule has 30 heteroatoms. The number of dihydropyridines is 1. The molecule has 0 bridgehead atoms. The first-order chi connectivity index (χ1) is 67.0. The van der Waals surface area contributed by atoms with Gasteiger partial charge in [0.05, 0.1) is 102 Å². The molecule has 1 aliphatic rings. The zero-order valence-corrected chi connectivity index (χ0v) is 71.4. The second kappa shape index (κ2) is 32.3. The van der Waals surface area contributed by atoms with E-state index in [1.54, 1.807) is 154 Å². The van der Waals surface area contributed by atoms with Crippen LogP contribution in [0.25, 0.3) is 229 Å². The fourth-order valence-corrected chi connectivity index (χ4v) is 18.7. The third-order valence-electron chi connectivity index (χ3n) is 24.7. The van der Waals surface area contributed by atoms with Crippen molar-refractivity contribution in [3.8, 4) is 137 Å². The first-order valence-electron chi connectivity index (χ1n) is 43.1. The van der Waals surface area contributed by atoms with E-state index in [4.69, 9.17) is 24.9 Å². The van der Waals surface area contributed by atoms with Gasteiger partial charge in [-0.05, 0) is 218 Å². The van der Waals surface area contributed by atoms with E-state index in [2.05, 4.69) is 69.7 Å². The first-order valence-corrected chi connectivity index (χ1v) is 43.1. The Morgan fingerprint density at radius 1 is 0.277 bits per heavy atom. The Balaban J connectivity index is 0.686. The molecule has 10 aromatic carbocycles. The molecule has 14 heterocycles. The number of aromatic nitrogens is 21. The van der Waals surface area contributed by atoms with Gasteiger partial charge in [0, 0.05) is 203 Å². The molecule has 1 N–H and O–H groups in total. The van der Waals surface area contributed by atoms with Crippen LogP contribution in [0, 0.1) is 22.7 Å². The molecule has 13 aromatic heterocycles. The molecule has 650 valence electrons. The van der Waals surface area contributed by atoms with Gasteiger partial charge in [0.2, 0.25) is 0 Å². The number of hydrogen-bond donors (Lipinski definition) is 1. The lowest BCUT2D eigenvalue weighted by Crippen LogP contribution is -2.34. The van der Waals surface area contributed by atoms with Crippen LogP contribution in [0.5, 0.6) is 0 Å². The summed E-state index contributed by atoms with van der Waals surface area (Å²) in [5.74, 6) is 4.13. The van der Waals surface area contributed by atoms with Crippen molar-refractivity contribution in [2.24, 2.45) is 0 Å². The minimum absolute atomic E-state index is 0.0482. The number of benzene rings is 10. The lowest BCUT2D eigenvalue weighted by molar-refractivity contribution is -0.138. The lowest BCUT2D eigenvalue weighted by atomic mass is 9.93. The number of hydrogen-bond acceptors (Lipinski definition) is 20. The van der Waals surface area contributed by atoms with Crippen molar-refractivity contribution in [3.05, 3.63) is 364 Å². The van der Waals surface area contributed by atoms with Gasteiger partial charge in [-0.25, -0.2) is 84.7 Å². The van der Waals surface area contributed by atoms with Crippen molar-refractivity contribution in [2.75, 3.05) is 0 Å². The van der Waals surface area contributed by atoms with E-state index in [9.17, 15) is 10.5 Å². The molecule has 0 radical (unpaired) electrons. The van der Waals surface area contributed by atoms with E-state index < -0.39 is 29.5 Å². The van der Waals surface area contributed by atoms with Gasteiger partial charge in [0.1, 0.15) is 11.6 Å². The summed E-state index contributed by atoms with van der Waals surface area (Å²) in [7, 11) is 0. The predicted octanol–water partition coefficient (Wildman–Crippen LogP) is 23.1. The quantitative estimate of drug-likeness (QED) is 0.0932. The Kier molecular flexibility index (Phi) is 19.1. The van der Waals surface area contributed by atoms with Gasteiger partial charge >= 0.3 is 12.4 Å². The first kappa shape index (κ1) is 81.3. The summed E-state index contributed by atoms with van der Waals surface area (Å²) < 4.78 is 101. The molecule has 0 amide bonds. The number of nitrogens with zero attached hydrogens (tertiary/aromatic N) is 23. The summed E-state index contributed by atoms with van der Waals surface area (Å²) in [6.07, 6.45) is 20.3. The largest absolute Gasteiger partial charge is 0.416 e. The van der Waals surface area contributed by atoms with Crippen LogP contribution in [0.15, 0.2) is 336 Å². The number of allylic oxidation sites excluding steroid dienone is 2. The van der Waals surface area contributed by atoms with E-state index in [1.165, 1.54) is 12.1 Å². The molecule has 0 spiro atoms. The Morgan fingerprint density at radius 3 is 1.03 bits per heavy atom. The number of nitriles is 2. The summed E-state index contributed by atoms with van der Waals surface area (Å²) in [6.45, 7) is 1.95. The normalized spacial score (nSPS) is 13.1. The fraction of sp³-hybridized carbons (Fsp3) is 0.0374. The van der Waals surface area contributed by atoms with Gasteiger partial charge in [-0.2, -0.15) is 36.9 Å². The van der Waals surface area contributed by atoms with Crippen molar-refractivity contribution in [1.82, 2.24) is 108 Å². The summed E-state index contributed by atoms with van der Waals surface area (Å²) >= 11 is 0. The van der Waals surface area contributed by atoms with E-state index in [1.807, 2.05) is 178 Å². The van der Waals surface area contributed by atoms with Crippen LogP contribution in [0.1, 0.15) is 34.7 Å². The SMILES string of the molecule is CC1NC(n2c3ccc(-c4ncccn4)cc3c3cc(-c4ncc(-c5cc6c7ccc(-c8ncccn8)cc7n(-c7cnc(-n8c9cc(-c%10ncccn%10)ccc9c9ccc(-c%10ncccn%10)cc98)cc7-c7cc(C#N)cc(C(F)(F)F)c7)c6cc5-c5ncccn5)cn4)ccc32)=CC(c2cc(C#N)cc(C(F)(F)F)c2)=C1n1c2ccc(-c3ncccn3)cc2c2cc(-c3ncccn3)ccc21. The molecule has 24 rings (SSSR count). The lowest BCUT2D eigenvalue weighted by Gasteiger charge is -2.31. The highest BCUT2D eigenvalue weighted by Gasteiger charge is 2.37. The van der Waals surface area contributed by atoms with Crippen LogP contribution in [-0.2, 0) is 12.4 Å². The number of fused-ring (bicyclic) bond motifs is 12. The van der Waals surface area contributed by atoms with Crippen molar-refractivity contribution < 1.29 is 26.3 Å². The molecule has 0 fully saturated rings. The minimum Gasteiger partial charge on any atom is -0.363 e. The second-order valence-electron chi connectivity index (χ2n) is 32.8. The third kappa shape index (κ3) is 14.1. The molecule has 1 unspecified atom stereocenters. The number of alkyl halides is 6. The number of rotatable bonds is 15. The van der Waals surface area contributed by atoms with Crippen molar-refractivity contribution in [3.63, 3.8) is 0 Å². The molecular formula is C107H60F6N24. The molecule has 1 aliphatic heterocycles. The maximum Gasteiger partial charge on any atom is 0.416 e. The third-order valence-corrected chi connectivity index (χ3v) is 24.7. The van der Waals surface area contributed by atoms with Crippen LogP contribution < -0.4 is 5.32 Å². The van der Waals surface area contributed by atoms with Crippen LogP contribution in [0.4, 0.5) is 26.3 Å². The number of pyridine rings is 1. The Bertz CT molecular complexity index is 8860. The van der Waals surface area contributed by atoms with E-state index in [0.717, 1.165) is 67.7 Å².